The van der Waals surface area contributed by atoms with E-state index >= 15 is 0 Å². The van der Waals surface area contributed by atoms with Crippen LogP contribution in [0.4, 0.5) is 4.79 Å². The number of amides is 2. The summed E-state index contributed by atoms with van der Waals surface area (Å²) in [6, 6.07) is 7.52. The lowest BCUT2D eigenvalue weighted by Crippen LogP contribution is -2.34. The first kappa shape index (κ1) is 15.4. The molecule has 4 nitrogen and oxygen atoms in total. The normalized spacial score (nSPS) is 16.0. The first-order chi connectivity index (χ1) is 10.2. The molecule has 2 rings (SSSR count). The van der Waals surface area contributed by atoms with Crippen LogP contribution in [0, 0.1) is 0 Å². The minimum atomic E-state index is -0.156. The molecule has 0 bridgehead atoms. The van der Waals surface area contributed by atoms with Gasteiger partial charge in [0.25, 0.3) is 0 Å². The summed E-state index contributed by atoms with van der Waals surface area (Å²) in [5.74, 6) is 0.817. The summed E-state index contributed by atoms with van der Waals surface area (Å²) in [6.07, 6.45) is 7.85. The van der Waals surface area contributed by atoms with E-state index in [2.05, 4.69) is 10.6 Å². The van der Waals surface area contributed by atoms with Gasteiger partial charge >= 0.3 is 6.03 Å². The summed E-state index contributed by atoms with van der Waals surface area (Å²) in [5, 5.41) is 5.78. The Hall–Kier alpha value is -1.97. The molecule has 1 aliphatic rings. The van der Waals surface area contributed by atoms with Crippen molar-refractivity contribution in [2.45, 2.75) is 45.1 Å². The van der Waals surface area contributed by atoms with Crippen molar-refractivity contribution >= 4 is 6.03 Å². The first-order valence-corrected chi connectivity index (χ1v) is 7.58. The van der Waals surface area contributed by atoms with E-state index in [-0.39, 0.29) is 12.1 Å². The maximum absolute atomic E-state index is 11.9. The van der Waals surface area contributed by atoms with Gasteiger partial charge in [-0.05, 0) is 50.3 Å². The Kier molecular flexibility index (Phi) is 5.67. The Labute approximate surface area is 126 Å². The molecule has 1 fully saturated rings. The van der Waals surface area contributed by atoms with Crippen LogP contribution in [-0.2, 0) is 0 Å². The quantitative estimate of drug-likeness (QED) is 0.882. The molecule has 0 aliphatic heterocycles. The fraction of sp³-hybridized carbons (Fsp3) is 0.471. The van der Waals surface area contributed by atoms with Crippen LogP contribution >= 0.6 is 0 Å². The summed E-state index contributed by atoms with van der Waals surface area (Å²) in [7, 11) is 1.64. The van der Waals surface area contributed by atoms with E-state index in [4.69, 9.17) is 4.74 Å². The number of methoxy groups -OCH3 is 1. The van der Waals surface area contributed by atoms with Crippen molar-refractivity contribution in [2.24, 2.45) is 0 Å². The van der Waals surface area contributed by atoms with Crippen molar-refractivity contribution in [1.29, 1.82) is 0 Å². The lowest BCUT2D eigenvalue weighted by atomic mass is 9.96. The fourth-order valence-electron chi connectivity index (χ4n) is 2.53. The smallest absolute Gasteiger partial charge is 0.319 e. The number of urea groups is 1. The standard InChI is InChI=1S/C17H24N2O2/c1-13(15-8-10-16(21-2)11-9-15)19-17(20)18-12-14-6-4-3-5-7-14/h8-13H,3-7H2,1-2H3,(H2,18,19,20). The van der Waals surface area contributed by atoms with Crippen LogP contribution in [0.3, 0.4) is 0 Å². The van der Waals surface area contributed by atoms with Crippen LogP contribution in [0.1, 0.15) is 50.6 Å². The van der Waals surface area contributed by atoms with Crippen molar-refractivity contribution in [3.63, 3.8) is 0 Å². The summed E-state index contributed by atoms with van der Waals surface area (Å²) in [5.41, 5.74) is 2.39. The minimum absolute atomic E-state index is 0.0411. The van der Waals surface area contributed by atoms with Gasteiger partial charge in [-0.1, -0.05) is 24.1 Å². The van der Waals surface area contributed by atoms with E-state index in [0.29, 0.717) is 0 Å². The summed E-state index contributed by atoms with van der Waals surface area (Å²) in [4.78, 5) is 11.9. The van der Waals surface area contributed by atoms with Crippen molar-refractivity contribution in [3.8, 4) is 5.75 Å². The first-order valence-electron chi connectivity index (χ1n) is 7.58. The third kappa shape index (κ3) is 4.81. The van der Waals surface area contributed by atoms with Gasteiger partial charge in [-0.3, -0.25) is 0 Å². The van der Waals surface area contributed by atoms with Crippen LogP contribution in [0.25, 0.3) is 0 Å². The average molecular weight is 288 g/mol. The minimum Gasteiger partial charge on any atom is -0.497 e. The van der Waals surface area contributed by atoms with E-state index in [1.165, 1.54) is 24.8 Å². The van der Waals surface area contributed by atoms with Gasteiger partial charge in [-0.25, -0.2) is 4.79 Å². The Bertz CT molecular complexity index is 486. The van der Waals surface area contributed by atoms with E-state index in [1.54, 1.807) is 7.11 Å². The summed E-state index contributed by atoms with van der Waals surface area (Å²) < 4.78 is 5.13. The van der Waals surface area contributed by atoms with Gasteiger partial charge in [0.1, 0.15) is 5.75 Å². The largest absolute Gasteiger partial charge is 0.497 e. The molecule has 0 heterocycles. The van der Waals surface area contributed by atoms with Gasteiger partial charge in [0.05, 0.1) is 13.2 Å². The molecule has 4 heteroatoms. The number of ether oxygens (including phenoxy) is 1. The molecule has 2 N–H and O–H groups in total. The number of benzene rings is 1. The maximum atomic E-state index is 11.9. The number of carbonyl (C=O) groups excluding carboxylic acids is 1. The van der Waals surface area contributed by atoms with Crippen molar-refractivity contribution in [1.82, 2.24) is 10.6 Å². The van der Waals surface area contributed by atoms with E-state index in [9.17, 15) is 4.79 Å². The summed E-state index contributed by atoms with van der Waals surface area (Å²) in [6.45, 7) is 1.97. The molecular weight excluding hydrogens is 264 g/mol. The highest BCUT2D eigenvalue weighted by Gasteiger charge is 2.09. The Balaban J connectivity index is 1.83. The molecule has 21 heavy (non-hydrogen) atoms. The molecule has 1 saturated carbocycles. The third-order valence-corrected chi connectivity index (χ3v) is 3.87. The molecule has 1 atom stereocenters. The van der Waals surface area contributed by atoms with Gasteiger partial charge in [0.2, 0.25) is 0 Å². The second-order valence-corrected chi connectivity index (χ2v) is 5.48. The molecule has 0 saturated heterocycles. The lowest BCUT2D eigenvalue weighted by molar-refractivity contribution is 0.241. The van der Waals surface area contributed by atoms with Gasteiger partial charge in [0.15, 0.2) is 0 Å². The van der Waals surface area contributed by atoms with Gasteiger partial charge in [0, 0.05) is 6.20 Å². The number of hydrogen-bond acceptors (Lipinski definition) is 2. The molecule has 1 aromatic carbocycles. The Morgan fingerprint density at radius 3 is 2.48 bits per heavy atom. The molecule has 114 valence electrons. The van der Waals surface area contributed by atoms with E-state index < -0.39 is 0 Å². The Morgan fingerprint density at radius 1 is 1.19 bits per heavy atom. The molecular formula is C17H24N2O2. The summed E-state index contributed by atoms with van der Waals surface area (Å²) >= 11 is 0. The zero-order chi connectivity index (χ0) is 15.1. The zero-order valence-corrected chi connectivity index (χ0v) is 12.8. The van der Waals surface area contributed by atoms with Gasteiger partial charge < -0.3 is 15.4 Å². The van der Waals surface area contributed by atoms with Gasteiger partial charge in [-0.15, -0.1) is 0 Å². The van der Waals surface area contributed by atoms with Crippen LogP contribution < -0.4 is 15.4 Å². The lowest BCUT2D eigenvalue weighted by Gasteiger charge is -2.16. The Morgan fingerprint density at radius 2 is 1.86 bits per heavy atom. The zero-order valence-electron chi connectivity index (χ0n) is 12.8. The SMILES string of the molecule is COc1ccc(C(C)NC(=O)NC=C2CCCCC2)cc1. The molecule has 1 aromatic rings. The van der Waals surface area contributed by atoms with Crippen LogP contribution in [-0.4, -0.2) is 13.1 Å². The monoisotopic (exact) mass is 288 g/mol. The van der Waals surface area contributed by atoms with E-state index in [0.717, 1.165) is 24.2 Å². The predicted molar refractivity (Wildman–Crippen MR) is 84.2 cm³/mol. The molecule has 0 aromatic heterocycles. The predicted octanol–water partition coefficient (Wildman–Crippen LogP) is 3.90. The average Bonchev–Trinajstić information content (AvgIpc) is 2.54. The molecule has 1 aliphatic carbocycles. The second-order valence-electron chi connectivity index (χ2n) is 5.48. The highest BCUT2D eigenvalue weighted by Crippen LogP contribution is 2.22. The number of allylic oxidation sites excluding steroid dienone is 1. The van der Waals surface area contributed by atoms with Crippen LogP contribution in [0.5, 0.6) is 5.75 Å². The van der Waals surface area contributed by atoms with Crippen molar-refractivity contribution in [3.05, 3.63) is 41.6 Å². The maximum Gasteiger partial charge on any atom is 0.319 e. The second kappa shape index (κ2) is 7.72. The van der Waals surface area contributed by atoms with E-state index in [1.807, 2.05) is 37.4 Å². The van der Waals surface area contributed by atoms with Gasteiger partial charge in [-0.2, -0.15) is 0 Å². The molecule has 1 unspecified atom stereocenters. The van der Waals surface area contributed by atoms with Crippen molar-refractivity contribution < 1.29 is 9.53 Å². The number of hydrogen-bond donors (Lipinski definition) is 2. The number of carbonyl (C=O) groups is 1. The molecule has 0 radical (unpaired) electrons. The highest BCUT2D eigenvalue weighted by molar-refractivity contribution is 5.75. The number of rotatable bonds is 4. The topological polar surface area (TPSA) is 50.4 Å². The third-order valence-electron chi connectivity index (χ3n) is 3.87. The van der Waals surface area contributed by atoms with Crippen LogP contribution in [0.15, 0.2) is 36.0 Å². The van der Waals surface area contributed by atoms with Crippen LogP contribution in [0.2, 0.25) is 0 Å². The molecule has 0 spiro atoms. The molecule has 2 amide bonds. The fourth-order valence-corrected chi connectivity index (χ4v) is 2.53. The highest BCUT2D eigenvalue weighted by atomic mass is 16.5. The number of nitrogens with one attached hydrogen (secondary N) is 2. The van der Waals surface area contributed by atoms with Crippen molar-refractivity contribution in [2.75, 3.05) is 7.11 Å².